The lowest BCUT2D eigenvalue weighted by atomic mass is 10.0. The van der Waals surface area contributed by atoms with Crippen LogP contribution in [0.3, 0.4) is 0 Å². The van der Waals surface area contributed by atoms with Gasteiger partial charge >= 0.3 is 0 Å². The Morgan fingerprint density at radius 1 is 0.333 bits per heavy atom. The molecule has 198 valence electrons. The van der Waals surface area contributed by atoms with Gasteiger partial charge in [0.15, 0.2) is 17.5 Å². The Labute approximate surface area is 249 Å². The van der Waals surface area contributed by atoms with Gasteiger partial charge in [-0.25, -0.2) is 24.9 Å². The lowest BCUT2D eigenvalue weighted by Gasteiger charge is -2.10. The molecule has 0 aliphatic carbocycles. The number of nitrogens with zero attached hydrogens (tertiary/aromatic N) is 5. The Morgan fingerprint density at radius 2 is 0.714 bits per heavy atom. The van der Waals surface area contributed by atoms with Crippen molar-refractivity contribution in [3.8, 4) is 55.3 Å². The van der Waals surface area contributed by atoms with E-state index in [0.717, 1.165) is 58.3 Å². The van der Waals surface area contributed by atoms with Gasteiger partial charge in [-0.1, -0.05) is 84.9 Å². The van der Waals surface area contributed by atoms with Crippen LogP contribution in [0, 0.1) is 0 Å². The normalized spacial score (nSPS) is 11.3. The van der Waals surface area contributed by atoms with Crippen LogP contribution in [0.25, 0.3) is 75.7 Å². The molecule has 0 spiro atoms. The van der Waals surface area contributed by atoms with Crippen LogP contribution in [0.15, 0.2) is 127 Å². The molecule has 0 aliphatic heterocycles. The fourth-order valence-electron chi connectivity index (χ4n) is 4.93. The number of benzene rings is 5. The number of hydrogen-bond acceptors (Lipinski definition) is 7. The second-order valence-electron chi connectivity index (χ2n) is 9.81. The molecule has 0 fully saturated rings. The van der Waals surface area contributed by atoms with E-state index >= 15 is 0 Å². The average Bonchev–Trinajstić information content (AvgIpc) is 3.70. The highest BCUT2D eigenvalue weighted by atomic mass is 32.1. The fraction of sp³-hybridized carbons (Fsp3) is 0. The van der Waals surface area contributed by atoms with Crippen LogP contribution in [-0.4, -0.2) is 24.9 Å². The third kappa shape index (κ3) is 4.64. The smallest absolute Gasteiger partial charge is 0.164 e. The Kier molecular flexibility index (Phi) is 6.09. The van der Waals surface area contributed by atoms with E-state index in [0.29, 0.717) is 17.5 Å². The summed E-state index contributed by atoms with van der Waals surface area (Å²) in [6.45, 7) is 0. The zero-order valence-electron chi connectivity index (χ0n) is 22.2. The first-order valence-electron chi connectivity index (χ1n) is 13.5. The fourth-order valence-corrected chi connectivity index (χ4v) is 6.84. The molecule has 0 saturated carbocycles. The summed E-state index contributed by atoms with van der Waals surface area (Å²) in [5, 5.41) is 1.89. The second kappa shape index (κ2) is 10.4. The predicted octanol–water partition coefficient (Wildman–Crippen LogP) is 9.43. The lowest BCUT2D eigenvalue weighted by molar-refractivity contribution is 1.07. The number of rotatable bonds is 5. The maximum absolute atomic E-state index is 5.00. The molecule has 0 bridgehead atoms. The number of fused-ring (bicyclic) bond motifs is 2. The second-order valence-corrected chi connectivity index (χ2v) is 11.9. The van der Waals surface area contributed by atoms with Crippen LogP contribution in [0.4, 0.5) is 0 Å². The Morgan fingerprint density at radius 3 is 1.17 bits per heavy atom. The van der Waals surface area contributed by atoms with E-state index in [-0.39, 0.29) is 0 Å². The monoisotopic (exact) mass is 575 g/mol. The van der Waals surface area contributed by atoms with Crippen LogP contribution in [-0.2, 0) is 0 Å². The molecule has 0 unspecified atom stereocenters. The molecule has 0 amide bonds. The molecule has 3 aromatic heterocycles. The molecule has 5 aromatic carbocycles. The average molecular weight is 576 g/mol. The van der Waals surface area contributed by atoms with Gasteiger partial charge in [-0.05, 0) is 42.5 Å². The highest BCUT2D eigenvalue weighted by molar-refractivity contribution is 7.22. The van der Waals surface area contributed by atoms with Gasteiger partial charge in [-0.15, -0.1) is 22.7 Å². The Balaban J connectivity index is 1.36. The maximum atomic E-state index is 5.00. The molecule has 0 aliphatic rings. The third-order valence-electron chi connectivity index (χ3n) is 6.97. The molecule has 0 N–H and O–H groups in total. The van der Waals surface area contributed by atoms with E-state index in [9.17, 15) is 0 Å². The minimum atomic E-state index is 0.605. The van der Waals surface area contributed by atoms with Crippen LogP contribution in [0.1, 0.15) is 0 Å². The van der Waals surface area contributed by atoms with E-state index in [1.54, 1.807) is 22.7 Å². The van der Waals surface area contributed by atoms with Crippen molar-refractivity contribution in [2.45, 2.75) is 0 Å². The SMILES string of the molecule is c1ccc(-c2nc(-c3ccccc3)nc(-c3cc(-c4nc5ccccc5s4)cc(-c4nc5ccccc5s4)c3)n2)cc1. The zero-order chi connectivity index (χ0) is 27.9. The molecule has 7 heteroatoms. The molecular formula is C35H21N5S2. The van der Waals surface area contributed by atoms with Crippen LogP contribution in [0.2, 0.25) is 0 Å². The molecule has 8 rings (SSSR count). The van der Waals surface area contributed by atoms with Gasteiger partial charge in [-0.3, -0.25) is 0 Å². The molecule has 0 atom stereocenters. The topological polar surface area (TPSA) is 64.5 Å². The zero-order valence-corrected chi connectivity index (χ0v) is 23.8. The summed E-state index contributed by atoms with van der Waals surface area (Å²) >= 11 is 3.36. The molecular weight excluding hydrogens is 555 g/mol. The highest BCUT2D eigenvalue weighted by Gasteiger charge is 2.17. The van der Waals surface area contributed by atoms with E-state index in [1.807, 2.05) is 84.9 Å². The van der Waals surface area contributed by atoms with Crippen molar-refractivity contribution in [1.29, 1.82) is 0 Å². The van der Waals surface area contributed by atoms with Gasteiger partial charge < -0.3 is 0 Å². The van der Waals surface area contributed by atoms with Crippen LogP contribution in [0.5, 0.6) is 0 Å². The summed E-state index contributed by atoms with van der Waals surface area (Å²) in [5.74, 6) is 1.87. The Hall–Kier alpha value is -5.11. The van der Waals surface area contributed by atoms with Gasteiger partial charge in [0.1, 0.15) is 10.0 Å². The van der Waals surface area contributed by atoms with Crippen molar-refractivity contribution < 1.29 is 0 Å². The first-order valence-corrected chi connectivity index (χ1v) is 15.1. The van der Waals surface area contributed by atoms with E-state index in [2.05, 4.69) is 42.5 Å². The van der Waals surface area contributed by atoms with Gasteiger partial charge in [0.2, 0.25) is 0 Å². The molecule has 5 nitrogen and oxygen atoms in total. The van der Waals surface area contributed by atoms with Crippen molar-refractivity contribution in [2.75, 3.05) is 0 Å². The lowest BCUT2D eigenvalue weighted by Crippen LogP contribution is -2.00. The molecule has 3 heterocycles. The molecule has 0 radical (unpaired) electrons. The van der Waals surface area contributed by atoms with Crippen molar-refractivity contribution in [3.05, 3.63) is 127 Å². The summed E-state index contributed by atoms with van der Waals surface area (Å²) in [4.78, 5) is 24.8. The summed E-state index contributed by atoms with van der Waals surface area (Å²) < 4.78 is 2.30. The first-order chi connectivity index (χ1) is 20.8. The van der Waals surface area contributed by atoms with Gasteiger partial charge in [0.25, 0.3) is 0 Å². The van der Waals surface area contributed by atoms with Gasteiger partial charge in [-0.2, -0.15) is 0 Å². The van der Waals surface area contributed by atoms with E-state index in [4.69, 9.17) is 24.9 Å². The minimum Gasteiger partial charge on any atom is -0.236 e. The predicted molar refractivity (Wildman–Crippen MR) is 173 cm³/mol. The van der Waals surface area contributed by atoms with Crippen molar-refractivity contribution in [1.82, 2.24) is 24.9 Å². The van der Waals surface area contributed by atoms with Crippen molar-refractivity contribution in [3.63, 3.8) is 0 Å². The third-order valence-corrected chi connectivity index (χ3v) is 9.14. The van der Waals surface area contributed by atoms with Crippen LogP contribution >= 0.6 is 22.7 Å². The van der Waals surface area contributed by atoms with Crippen molar-refractivity contribution in [2.24, 2.45) is 0 Å². The van der Waals surface area contributed by atoms with E-state index < -0.39 is 0 Å². The molecule has 42 heavy (non-hydrogen) atoms. The summed E-state index contributed by atoms with van der Waals surface area (Å²) in [5.41, 5.74) is 6.75. The summed E-state index contributed by atoms with van der Waals surface area (Å²) in [7, 11) is 0. The minimum absolute atomic E-state index is 0.605. The van der Waals surface area contributed by atoms with Crippen molar-refractivity contribution >= 4 is 43.1 Å². The van der Waals surface area contributed by atoms with Crippen LogP contribution < -0.4 is 0 Å². The van der Waals surface area contributed by atoms with Gasteiger partial charge in [0, 0.05) is 27.8 Å². The largest absolute Gasteiger partial charge is 0.236 e. The standard InChI is InChI=1S/C35H21N5S2/c1-3-11-22(12-4-1)31-38-32(23-13-5-2-6-14-23)40-33(39-31)24-19-25(34-36-27-15-7-9-17-29(27)41-34)21-26(20-24)35-37-28-16-8-10-18-30(28)42-35/h1-21H. The molecule has 8 aromatic rings. The summed E-state index contributed by atoms with van der Waals surface area (Å²) in [6, 6.07) is 43.0. The van der Waals surface area contributed by atoms with Gasteiger partial charge in [0.05, 0.1) is 20.4 Å². The van der Waals surface area contributed by atoms with E-state index in [1.165, 1.54) is 0 Å². The number of thiazole rings is 2. The highest BCUT2D eigenvalue weighted by Crippen LogP contribution is 2.38. The summed E-state index contributed by atoms with van der Waals surface area (Å²) in [6.07, 6.45) is 0. The molecule has 0 saturated heterocycles. The number of para-hydroxylation sites is 2. The quantitative estimate of drug-likeness (QED) is 0.205. The number of aromatic nitrogens is 5. The Bertz CT molecular complexity index is 1990. The number of hydrogen-bond donors (Lipinski definition) is 0. The maximum Gasteiger partial charge on any atom is 0.164 e. The first kappa shape index (κ1) is 24.7.